The molecule has 1 heterocycles. The number of rotatable bonds is 6. The van der Waals surface area contributed by atoms with Crippen LogP contribution in [0.4, 0.5) is 11.4 Å². The predicted octanol–water partition coefficient (Wildman–Crippen LogP) is 2.71. The van der Waals surface area contributed by atoms with Crippen LogP contribution in [0.15, 0.2) is 24.3 Å². The second kappa shape index (κ2) is 6.78. The fourth-order valence-electron chi connectivity index (χ4n) is 2.58. The van der Waals surface area contributed by atoms with E-state index in [4.69, 9.17) is 9.47 Å². The third-order valence-corrected chi connectivity index (χ3v) is 3.61. The topological polar surface area (TPSA) is 33.7 Å². The van der Waals surface area contributed by atoms with Gasteiger partial charge in [-0.2, -0.15) is 0 Å². The van der Waals surface area contributed by atoms with Gasteiger partial charge in [-0.1, -0.05) is 0 Å². The van der Waals surface area contributed by atoms with Crippen LogP contribution >= 0.6 is 0 Å². The van der Waals surface area contributed by atoms with E-state index in [1.807, 2.05) is 6.92 Å². The van der Waals surface area contributed by atoms with Crippen LogP contribution in [0.3, 0.4) is 0 Å². The molecule has 0 spiro atoms. The van der Waals surface area contributed by atoms with Crippen molar-refractivity contribution in [1.29, 1.82) is 0 Å². The molecule has 1 aliphatic rings. The van der Waals surface area contributed by atoms with E-state index < -0.39 is 0 Å². The van der Waals surface area contributed by atoms with Crippen LogP contribution in [0.5, 0.6) is 0 Å². The van der Waals surface area contributed by atoms with E-state index in [1.165, 1.54) is 31.6 Å². The zero-order valence-electron chi connectivity index (χ0n) is 12.1. The van der Waals surface area contributed by atoms with E-state index >= 15 is 0 Å². The van der Waals surface area contributed by atoms with Crippen molar-refractivity contribution in [1.82, 2.24) is 0 Å². The minimum absolute atomic E-state index is 0.104. The average Bonchev–Trinajstić information content (AvgIpc) is 2.95. The minimum Gasteiger partial charge on any atom is -0.377 e. The quantitative estimate of drug-likeness (QED) is 0.801. The monoisotopic (exact) mass is 264 g/mol. The van der Waals surface area contributed by atoms with Gasteiger partial charge in [0.1, 0.15) is 0 Å². The third kappa shape index (κ3) is 3.61. The van der Waals surface area contributed by atoms with Gasteiger partial charge >= 0.3 is 0 Å². The molecule has 0 aliphatic carbocycles. The molecule has 1 unspecified atom stereocenters. The van der Waals surface area contributed by atoms with Crippen LogP contribution < -0.4 is 10.2 Å². The molecule has 0 amide bonds. The first-order valence-corrected chi connectivity index (χ1v) is 6.91. The summed E-state index contributed by atoms with van der Waals surface area (Å²) in [5, 5.41) is 3.39. The Morgan fingerprint density at radius 3 is 2.16 bits per heavy atom. The van der Waals surface area contributed by atoms with E-state index in [9.17, 15) is 0 Å². The SMILES string of the molecule is COC(OC)C(C)Nc1ccc(N2CCCC2)cc1. The smallest absolute Gasteiger partial charge is 0.176 e. The van der Waals surface area contributed by atoms with Gasteiger partial charge in [0.2, 0.25) is 0 Å². The lowest BCUT2D eigenvalue weighted by Gasteiger charge is -2.23. The fourth-order valence-corrected chi connectivity index (χ4v) is 2.58. The molecule has 106 valence electrons. The number of benzene rings is 1. The molecule has 1 N–H and O–H groups in total. The number of nitrogens with zero attached hydrogens (tertiary/aromatic N) is 1. The zero-order chi connectivity index (χ0) is 13.7. The van der Waals surface area contributed by atoms with Crippen molar-refractivity contribution in [3.63, 3.8) is 0 Å². The van der Waals surface area contributed by atoms with Crippen LogP contribution in [-0.4, -0.2) is 39.6 Å². The number of methoxy groups -OCH3 is 2. The maximum atomic E-state index is 5.25. The van der Waals surface area contributed by atoms with E-state index in [2.05, 4.69) is 34.5 Å². The normalized spacial score (nSPS) is 16.9. The summed E-state index contributed by atoms with van der Waals surface area (Å²) in [5.74, 6) is 0. The largest absolute Gasteiger partial charge is 0.377 e. The summed E-state index contributed by atoms with van der Waals surface area (Å²) in [6.07, 6.45) is 2.37. The lowest BCUT2D eigenvalue weighted by atomic mass is 10.2. The van der Waals surface area contributed by atoms with Crippen LogP contribution in [0.25, 0.3) is 0 Å². The fraction of sp³-hybridized carbons (Fsp3) is 0.600. The first kappa shape index (κ1) is 14.2. The summed E-state index contributed by atoms with van der Waals surface area (Å²) in [5.41, 5.74) is 2.40. The third-order valence-electron chi connectivity index (χ3n) is 3.61. The van der Waals surface area contributed by atoms with Crippen molar-refractivity contribution >= 4 is 11.4 Å². The maximum absolute atomic E-state index is 5.25. The molecule has 2 rings (SSSR count). The van der Waals surface area contributed by atoms with E-state index in [0.717, 1.165) is 5.69 Å². The van der Waals surface area contributed by atoms with Crippen LogP contribution in [0, 0.1) is 0 Å². The Kier molecular flexibility index (Phi) is 5.05. The molecule has 0 saturated carbocycles. The average molecular weight is 264 g/mol. The molecule has 0 bridgehead atoms. The van der Waals surface area contributed by atoms with Crippen LogP contribution in [0.1, 0.15) is 19.8 Å². The van der Waals surface area contributed by atoms with Crippen molar-refractivity contribution < 1.29 is 9.47 Å². The minimum atomic E-state index is -0.238. The molecule has 0 aromatic heterocycles. The van der Waals surface area contributed by atoms with Gasteiger partial charge in [-0.15, -0.1) is 0 Å². The van der Waals surface area contributed by atoms with E-state index in [-0.39, 0.29) is 12.3 Å². The summed E-state index contributed by atoms with van der Waals surface area (Å²) in [7, 11) is 3.31. The molecule has 1 saturated heterocycles. The Hall–Kier alpha value is -1.26. The standard InChI is InChI=1S/C15H24N2O2/c1-12(15(18-2)19-3)16-13-6-8-14(9-7-13)17-10-4-5-11-17/h6-9,12,15-16H,4-5,10-11H2,1-3H3. The van der Waals surface area contributed by atoms with Crippen molar-refractivity contribution in [3.05, 3.63) is 24.3 Å². The van der Waals surface area contributed by atoms with Crippen molar-refractivity contribution in [2.45, 2.75) is 32.1 Å². The van der Waals surface area contributed by atoms with Gasteiger partial charge in [0.25, 0.3) is 0 Å². The van der Waals surface area contributed by atoms with Gasteiger partial charge in [-0.25, -0.2) is 0 Å². The Bertz CT molecular complexity index is 370. The van der Waals surface area contributed by atoms with Gasteiger partial charge < -0.3 is 19.7 Å². The van der Waals surface area contributed by atoms with Crippen molar-refractivity contribution in [2.75, 3.05) is 37.5 Å². The molecule has 4 heteroatoms. The summed E-state index contributed by atoms with van der Waals surface area (Å²) in [6.45, 7) is 4.41. The predicted molar refractivity (Wildman–Crippen MR) is 78.8 cm³/mol. The summed E-state index contributed by atoms with van der Waals surface area (Å²) in [4.78, 5) is 2.43. The number of hydrogen-bond donors (Lipinski definition) is 1. The first-order valence-electron chi connectivity index (χ1n) is 6.91. The molecular weight excluding hydrogens is 240 g/mol. The Labute approximate surface area is 115 Å². The summed E-state index contributed by atoms with van der Waals surface area (Å²) < 4.78 is 10.5. The molecule has 19 heavy (non-hydrogen) atoms. The highest BCUT2D eigenvalue weighted by Gasteiger charge is 2.16. The number of anilines is 2. The molecule has 1 fully saturated rings. The molecule has 1 atom stereocenters. The first-order chi connectivity index (χ1) is 9.24. The lowest BCUT2D eigenvalue weighted by Crippen LogP contribution is -2.33. The van der Waals surface area contributed by atoms with Gasteiger partial charge in [-0.05, 0) is 44.0 Å². The zero-order valence-corrected chi connectivity index (χ0v) is 12.1. The number of hydrogen-bond acceptors (Lipinski definition) is 4. The number of nitrogens with one attached hydrogen (secondary N) is 1. The lowest BCUT2D eigenvalue weighted by molar-refractivity contribution is -0.109. The molecule has 1 aromatic carbocycles. The van der Waals surface area contributed by atoms with Gasteiger partial charge in [0.05, 0.1) is 6.04 Å². The van der Waals surface area contributed by atoms with E-state index in [0.29, 0.717) is 0 Å². The molecule has 1 aromatic rings. The second-order valence-electron chi connectivity index (χ2n) is 5.01. The maximum Gasteiger partial charge on any atom is 0.176 e. The highest BCUT2D eigenvalue weighted by molar-refractivity contribution is 5.55. The highest BCUT2D eigenvalue weighted by Crippen LogP contribution is 2.22. The van der Waals surface area contributed by atoms with E-state index in [1.54, 1.807) is 14.2 Å². The molecule has 1 aliphatic heterocycles. The summed E-state index contributed by atoms with van der Waals surface area (Å²) >= 11 is 0. The summed E-state index contributed by atoms with van der Waals surface area (Å²) in [6, 6.07) is 8.69. The van der Waals surface area contributed by atoms with Crippen molar-refractivity contribution in [3.8, 4) is 0 Å². The van der Waals surface area contributed by atoms with Gasteiger partial charge in [0, 0.05) is 38.7 Å². The van der Waals surface area contributed by atoms with Crippen LogP contribution in [0.2, 0.25) is 0 Å². The highest BCUT2D eigenvalue weighted by atomic mass is 16.7. The van der Waals surface area contributed by atoms with Crippen molar-refractivity contribution in [2.24, 2.45) is 0 Å². The molecular formula is C15H24N2O2. The Morgan fingerprint density at radius 1 is 1.05 bits per heavy atom. The Balaban J connectivity index is 1.94. The van der Waals surface area contributed by atoms with Gasteiger partial charge in [0.15, 0.2) is 6.29 Å². The van der Waals surface area contributed by atoms with Gasteiger partial charge in [-0.3, -0.25) is 0 Å². The number of ether oxygens (including phenoxy) is 2. The Morgan fingerprint density at radius 2 is 1.63 bits per heavy atom. The molecule has 4 nitrogen and oxygen atoms in total. The second-order valence-corrected chi connectivity index (χ2v) is 5.01. The molecule has 0 radical (unpaired) electrons. The van der Waals surface area contributed by atoms with Crippen LogP contribution in [-0.2, 0) is 9.47 Å².